The number of ether oxygens (including phenoxy) is 1. The first-order chi connectivity index (χ1) is 8.60. The molecule has 0 spiro atoms. The fraction of sp³-hybridized carbons (Fsp3) is 0.462. The number of aromatic carboxylic acids is 1. The molecule has 0 aromatic heterocycles. The summed E-state index contributed by atoms with van der Waals surface area (Å²) in [5.41, 5.74) is 0.493. The van der Waals surface area contributed by atoms with Gasteiger partial charge in [0.25, 0.3) is 0 Å². The van der Waals surface area contributed by atoms with Gasteiger partial charge >= 0.3 is 5.97 Å². The summed E-state index contributed by atoms with van der Waals surface area (Å²) >= 11 is 0. The predicted molar refractivity (Wildman–Crippen MR) is 64.0 cm³/mol. The first-order valence-electron chi connectivity index (χ1n) is 5.88. The van der Waals surface area contributed by atoms with Crippen molar-refractivity contribution in [3.05, 3.63) is 35.1 Å². The van der Waals surface area contributed by atoms with Gasteiger partial charge in [-0.25, -0.2) is 9.18 Å². The van der Waals surface area contributed by atoms with Crippen LogP contribution in [-0.4, -0.2) is 30.3 Å². The molecule has 0 heterocycles. The molecular formula is C13H16FNO3. The van der Waals surface area contributed by atoms with Gasteiger partial charge in [0.15, 0.2) is 0 Å². The second-order valence-corrected chi connectivity index (χ2v) is 4.52. The van der Waals surface area contributed by atoms with Gasteiger partial charge < -0.3 is 15.2 Å². The van der Waals surface area contributed by atoms with Crippen LogP contribution in [0.2, 0.25) is 0 Å². The number of carboxylic acid groups (broad SMARTS) is 1. The second kappa shape index (κ2) is 5.46. The molecule has 5 heteroatoms. The lowest BCUT2D eigenvalue weighted by molar-refractivity contribution is 0.0169. The maximum atomic E-state index is 13.5. The highest BCUT2D eigenvalue weighted by atomic mass is 19.1. The maximum absolute atomic E-state index is 13.5. The zero-order chi connectivity index (χ0) is 13.1. The van der Waals surface area contributed by atoms with Crippen molar-refractivity contribution in [2.45, 2.75) is 31.5 Å². The molecular weight excluding hydrogens is 237 g/mol. The predicted octanol–water partition coefficient (Wildman–Crippen LogP) is 1.79. The van der Waals surface area contributed by atoms with Crippen LogP contribution in [0.3, 0.4) is 0 Å². The Morgan fingerprint density at radius 2 is 2.28 bits per heavy atom. The Labute approximate surface area is 105 Å². The monoisotopic (exact) mass is 253 g/mol. The molecule has 0 bridgehead atoms. The average molecular weight is 253 g/mol. The fourth-order valence-electron chi connectivity index (χ4n) is 2.02. The number of hydrogen-bond donors (Lipinski definition) is 2. The van der Waals surface area contributed by atoms with E-state index in [0.717, 1.165) is 12.8 Å². The van der Waals surface area contributed by atoms with Gasteiger partial charge in [-0.15, -0.1) is 0 Å². The first-order valence-corrected chi connectivity index (χ1v) is 5.88. The quantitative estimate of drug-likeness (QED) is 0.840. The number of benzene rings is 1. The van der Waals surface area contributed by atoms with E-state index in [1.807, 2.05) is 0 Å². The molecule has 98 valence electrons. The fourth-order valence-corrected chi connectivity index (χ4v) is 2.02. The van der Waals surface area contributed by atoms with E-state index in [9.17, 15) is 9.18 Å². The molecule has 1 saturated carbocycles. The van der Waals surface area contributed by atoms with Crippen LogP contribution in [0, 0.1) is 5.82 Å². The Balaban J connectivity index is 1.92. The lowest BCUT2D eigenvalue weighted by atomic mass is 9.89. The lowest BCUT2D eigenvalue weighted by Gasteiger charge is -2.34. The number of nitrogens with one attached hydrogen (secondary N) is 1. The zero-order valence-electron chi connectivity index (χ0n) is 10.1. The van der Waals surface area contributed by atoms with E-state index >= 15 is 0 Å². The summed E-state index contributed by atoms with van der Waals surface area (Å²) < 4.78 is 18.6. The Morgan fingerprint density at radius 1 is 1.56 bits per heavy atom. The Morgan fingerprint density at radius 3 is 2.89 bits per heavy atom. The highest BCUT2D eigenvalue weighted by Crippen LogP contribution is 2.23. The molecule has 0 saturated heterocycles. The molecule has 2 N–H and O–H groups in total. The van der Waals surface area contributed by atoms with E-state index in [4.69, 9.17) is 9.84 Å². The molecule has 1 aromatic carbocycles. The molecule has 0 amide bonds. The van der Waals surface area contributed by atoms with E-state index in [0.29, 0.717) is 18.2 Å². The second-order valence-electron chi connectivity index (χ2n) is 4.52. The van der Waals surface area contributed by atoms with Gasteiger partial charge in [-0.3, -0.25) is 0 Å². The molecule has 4 nitrogen and oxygen atoms in total. The SMILES string of the molecule is COC1CC(NCc2cc(C(=O)O)ccc2F)C1. The third kappa shape index (κ3) is 2.86. The van der Waals surface area contributed by atoms with E-state index in [2.05, 4.69) is 5.32 Å². The van der Waals surface area contributed by atoms with E-state index in [1.54, 1.807) is 7.11 Å². The largest absolute Gasteiger partial charge is 0.478 e. The molecule has 0 unspecified atom stereocenters. The number of hydrogen-bond acceptors (Lipinski definition) is 3. The van der Waals surface area contributed by atoms with Crippen molar-refractivity contribution in [1.29, 1.82) is 0 Å². The van der Waals surface area contributed by atoms with Crippen LogP contribution in [0.15, 0.2) is 18.2 Å². The molecule has 0 aliphatic heterocycles. The summed E-state index contributed by atoms with van der Waals surface area (Å²) in [6.07, 6.45) is 2.12. The molecule has 1 aliphatic carbocycles. The molecule has 1 aromatic rings. The average Bonchev–Trinajstić information content (AvgIpc) is 2.29. The van der Waals surface area contributed by atoms with Gasteiger partial charge in [-0.1, -0.05) is 0 Å². The number of carbonyl (C=O) groups is 1. The zero-order valence-corrected chi connectivity index (χ0v) is 10.1. The number of methoxy groups -OCH3 is 1. The molecule has 1 fully saturated rings. The minimum absolute atomic E-state index is 0.108. The van der Waals surface area contributed by atoms with Crippen LogP contribution >= 0.6 is 0 Å². The van der Waals surface area contributed by atoms with Crippen LogP contribution in [0.25, 0.3) is 0 Å². The Bertz CT molecular complexity index is 444. The molecule has 0 atom stereocenters. The molecule has 1 aliphatic rings. The highest BCUT2D eigenvalue weighted by Gasteiger charge is 2.28. The number of halogens is 1. The maximum Gasteiger partial charge on any atom is 0.335 e. The van der Waals surface area contributed by atoms with Crippen LogP contribution in [0.1, 0.15) is 28.8 Å². The Hall–Kier alpha value is -1.46. The van der Waals surface area contributed by atoms with Gasteiger partial charge in [0.1, 0.15) is 5.82 Å². The summed E-state index contributed by atoms with van der Waals surface area (Å²) in [6.45, 7) is 0.341. The lowest BCUT2D eigenvalue weighted by Crippen LogP contribution is -2.44. The van der Waals surface area contributed by atoms with Crippen molar-refractivity contribution < 1.29 is 19.0 Å². The Kier molecular flexibility index (Phi) is 3.93. The van der Waals surface area contributed by atoms with E-state index in [-0.39, 0.29) is 17.5 Å². The van der Waals surface area contributed by atoms with Crippen LogP contribution < -0.4 is 5.32 Å². The third-order valence-corrected chi connectivity index (χ3v) is 3.30. The van der Waals surface area contributed by atoms with Crippen molar-refractivity contribution in [1.82, 2.24) is 5.32 Å². The summed E-state index contributed by atoms with van der Waals surface area (Å²) in [5, 5.41) is 12.0. The van der Waals surface area contributed by atoms with Crippen molar-refractivity contribution in [3.8, 4) is 0 Å². The third-order valence-electron chi connectivity index (χ3n) is 3.30. The molecule has 2 rings (SSSR count). The van der Waals surface area contributed by atoms with Gasteiger partial charge in [0, 0.05) is 25.3 Å². The summed E-state index contributed by atoms with van der Waals surface area (Å²) in [6, 6.07) is 4.16. The van der Waals surface area contributed by atoms with E-state index < -0.39 is 5.97 Å². The van der Waals surface area contributed by atoms with Gasteiger partial charge in [0.2, 0.25) is 0 Å². The van der Waals surface area contributed by atoms with Crippen LogP contribution in [-0.2, 0) is 11.3 Å². The standard InChI is InChI=1S/C13H16FNO3/c1-18-11-5-10(6-11)15-7-9-4-8(13(16)17)2-3-12(9)14/h2-4,10-11,15H,5-7H2,1H3,(H,16,17). The van der Waals surface area contributed by atoms with Crippen LogP contribution in [0.4, 0.5) is 4.39 Å². The topological polar surface area (TPSA) is 58.6 Å². The number of carboxylic acids is 1. The van der Waals surface area contributed by atoms with Crippen molar-refractivity contribution in [2.24, 2.45) is 0 Å². The van der Waals surface area contributed by atoms with E-state index in [1.165, 1.54) is 18.2 Å². The van der Waals surface area contributed by atoms with Crippen molar-refractivity contribution in [2.75, 3.05) is 7.11 Å². The van der Waals surface area contributed by atoms with Gasteiger partial charge in [-0.2, -0.15) is 0 Å². The first kappa shape index (κ1) is 13.0. The van der Waals surface area contributed by atoms with Crippen molar-refractivity contribution in [3.63, 3.8) is 0 Å². The van der Waals surface area contributed by atoms with Crippen LogP contribution in [0.5, 0.6) is 0 Å². The normalized spacial score (nSPS) is 22.6. The van der Waals surface area contributed by atoms with Gasteiger partial charge in [0.05, 0.1) is 11.7 Å². The molecule has 18 heavy (non-hydrogen) atoms. The molecule has 0 radical (unpaired) electrons. The number of rotatable bonds is 5. The minimum atomic E-state index is -1.04. The summed E-state index contributed by atoms with van der Waals surface area (Å²) in [4.78, 5) is 10.8. The summed E-state index contributed by atoms with van der Waals surface area (Å²) in [7, 11) is 1.68. The minimum Gasteiger partial charge on any atom is -0.478 e. The summed E-state index contributed by atoms with van der Waals surface area (Å²) in [5.74, 6) is -1.42. The smallest absolute Gasteiger partial charge is 0.335 e. The highest BCUT2D eigenvalue weighted by molar-refractivity contribution is 5.87. The van der Waals surface area contributed by atoms with Gasteiger partial charge in [-0.05, 0) is 31.0 Å². The van der Waals surface area contributed by atoms with Crippen molar-refractivity contribution >= 4 is 5.97 Å².